The van der Waals surface area contributed by atoms with Crippen LogP contribution in [0, 0.1) is 5.92 Å². The van der Waals surface area contributed by atoms with Crippen LogP contribution in [-0.2, 0) is 4.79 Å². The van der Waals surface area contributed by atoms with Gasteiger partial charge in [0.25, 0.3) is 0 Å². The lowest BCUT2D eigenvalue weighted by Crippen LogP contribution is -2.49. The van der Waals surface area contributed by atoms with Crippen LogP contribution in [0.25, 0.3) is 0 Å². The molecule has 1 aliphatic heterocycles. The first-order chi connectivity index (χ1) is 5.68. The van der Waals surface area contributed by atoms with Gasteiger partial charge in [0.1, 0.15) is 0 Å². The molecule has 2 atom stereocenters. The Bertz CT molecular complexity index is 236. The van der Waals surface area contributed by atoms with Gasteiger partial charge < -0.3 is 16.2 Å². The van der Waals surface area contributed by atoms with Crippen molar-refractivity contribution in [3.05, 3.63) is 0 Å². The first kappa shape index (κ1) is 10.5. The molecular weight excluding hydrogens is 168 g/mol. The van der Waals surface area contributed by atoms with Crippen LogP contribution in [0.4, 0.5) is 0 Å². The van der Waals surface area contributed by atoms with Gasteiger partial charge in [-0.25, -0.2) is 0 Å². The van der Waals surface area contributed by atoms with Gasteiger partial charge in [0.15, 0.2) is 0 Å². The zero-order valence-corrected chi connectivity index (χ0v) is 8.59. The average molecular weight is 186 g/mol. The molecule has 4 heteroatoms. The lowest BCUT2D eigenvalue weighted by atomic mass is 9.83. The minimum Gasteiger partial charge on any atom is -0.481 e. The predicted octanol–water partition coefficient (Wildman–Crippen LogP) is 0.175. The Morgan fingerprint density at radius 3 is 1.92 bits per heavy atom. The van der Waals surface area contributed by atoms with Gasteiger partial charge >= 0.3 is 5.97 Å². The third-order valence-corrected chi connectivity index (χ3v) is 2.88. The van der Waals surface area contributed by atoms with Gasteiger partial charge in [0.2, 0.25) is 0 Å². The van der Waals surface area contributed by atoms with Crippen LogP contribution in [-0.4, -0.2) is 28.2 Å². The van der Waals surface area contributed by atoms with Crippen LogP contribution < -0.4 is 11.1 Å². The van der Waals surface area contributed by atoms with E-state index in [9.17, 15) is 4.79 Å². The minimum atomic E-state index is -0.824. The van der Waals surface area contributed by atoms with Gasteiger partial charge in [0, 0.05) is 17.1 Å². The lowest BCUT2D eigenvalue weighted by Gasteiger charge is -2.26. The summed E-state index contributed by atoms with van der Waals surface area (Å²) in [6.07, 6.45) is 0. The summed E-state index contributed by atoms with van der Waals surface area (Å²) < 4.78 is 0. The van der Waals surface area contributed by atoms with E-state index in [0.717, 1.165) is 0 Å². The maximum atomic E-state index is 11.0. The fourth-order valence-electron chi connectivity index (χ4n) is 2.32. The summed E-state index contributed by atoms with van der Waals surface area (Å²) >= 11 is 0. The summed E-state index contributed by atoms with van der Waals surface area (Å²) in [5.74, 6) is -1.35. The summed E-state index contributed by atoms with van der Waals surface area (Å²) in [5.41, 5.74) is 5.14. The molecule has 1 heterocycles. The van der Waals surface area contributed by atoms with Crippen LogP contribution >= 0.6 is 0 Å². The number of nitrogens with one attached hydrogen (secondary N) is 1. The van der Waals surface area contributed by atoms with Gasteiger partial charge in [-0.3, -0.25) is 4.79 Å². The molecule has 0 radical (unpaired) electrons. The number of carboxylic acids is 1. The zero-order valence-electron chi connectivity index (χ0n) is 8.59. The summed E-state index contributed by atoms with van der Waals surface area (Å²) in [7, 11) is 0. The molecule has 0 aromatic heterocycles. The summed E-state index contributed by atoms with van der Waals surface area (Å²) in [6, 6.07) is -0.347. The Balaban J connectivity index is 3.02. The van der Waals surface area contributed by atoms with E-state index < -0.39 is 17.4 Å². The molecule has 1 rings (SSSR count). The Hall–Kier alpha value is -0.610. The molecule has 0 amide bonds. The normalized spacial score (nSPS) is 36.1. The van der Waals surface area contributed by atoms with Gasteiger partial charge in [0.05, 0.1) is 5.92 Å². The molecule has 13 heavy (non-hydrogen) atoms. The fraction of sp³-hybridized carbons (Fsp3) is 0.889. The molecule has 76 valence electrons. The molecule has 4 nitrogen and oxygen atoms in total. The molecule has 0 bridgehead atoms. The Morgan fingerprint density at radius 1 is 1.31 bits per heavy atom. The van der Waals surface area contributed by atoms with E-state index >= 15 is 0 Å². The van der Waals surface area contributed by atoms with E-state index in [1.807, 2.05) is 27.7 Å². The average Bonchev–Trinajstić information content (AvgIpc) is 1.96. The maximum Gasteiger partial charge on any atom is 0.310 e. The molecule has 1 fully saturated rings. The second-order valence-electron chi connectivity index (χ2n) is 4.91. The van der Waals surface area contributed by atoms with Crippen molar-refractivity contribution in [1.29, 1.82) is 0 Å². The summed E-state index contributed by atoms with van der Waals surface area (Å²) in [4.78, 5) is 11.0. The van der Waals surface area contributed by atoms with Crippen molar-refractivity contribution in [2.75, 3.05) is 0 Å². The Morgan fingerprint density at radius 2 is 1.77 bits per heavy atom. The first-order valence-electron chi connectivity index (χ1n) is 4.46. The number of rotatable bonds is 1. The number of hydrogen-bond acceptors (Lipinski definition) is 3. The van der Waals surface area contributed by atoms with Gasteiger partial charge in [-0.15, -0.1) is 0 Å². The number of carbonyl (C=O) groups is 1. The van der Waals surface area contributed by atoms with Crippen molar-refractivity contribution in [3.63, 3.8) is 0 Å². The number of aliphatic carboxylic acids is 1. The van der Waals surface area contributed by atoms with Crippen molar-refractivity contribution in [3.8, 4) is 0 Å². The van der Waals surface area contributed by atoms with Crippen molar-refractivity contribution in [2.24, 2.45) is 11.7 Å². The third kappa shape index (κ3) is 1.56. The molecule has 0 aromatic rings. The molecule has 0 saturated carbocycles. The second kappa shape index (κ2) is 2.69. The number of hydrogen-bond donors (Lipinski definition) is 3. The monoisotopic (exact) mass is 186 g/mol. The third-order valence-electron chi connectivity index (χ3n) is 2.88. The van der Waals surface area contributed by atoms with Crippen molar-refractivity contribution >= 4 is 5.97 Å². The molecule has 0 aromatic carbocycles. The van der Waals surface area contributed by atoms with E-state index in [-0.39, 0.29) is 11.6 Å². The van der Waals surface area contributed by atoms with Gasteiger partial charge in [-0.05, 0) is 27.7 Å². The van der Waals surface area contributed by atoms with E-state index in [4.69, 9.17) is 10.8 Å². The van der Waals surface area contributed by atoms with E-state index in [1.165, 1.54) is 0 Å². The van der Waals surface area contributed by atoms with Crippen LogP contribution in [0.5, 0.6) is 0 Å². The maximum absolute atomic E-state index is 11.0. The van der Waals surface area contributed by atoms with Gasteiger partial charge in [-0.1, -0.05) is 0 Å². The Labute approximate surface area is 78.5 Å². The van der Waals surface area contributed by atoms with Crippen LogP contribution in [0.3, 0.4) is 0 Å². The Kier molecular flexibility index (Phi) is 2.16. The first-order valence-corrected chi connectivity index (χ1v) is 4.46. The highest BCUT2D eigenvalue weighted by Gasteiger charge is 2.53. The highest BCUT2D eigenvalue weighted by molar-refractivity contribution is 5.73. The highest BCUT2D eigenvalue weighted by Crippen LogP contribution is 2.34. The molecule has 1 saturated heterocycles. The number of carboxylic acid groups (broad SMARTS) is 1. The largest absolute Gasteiger partial charge is 0.481 e. The van der Waals surface area contributed by atoms with Crippen molar-refractivity contribution in [2.45, 2.75) is 44.8 Å². The standard InChI is InChI=1S/C9H18N2O2/c1-8(2)5(7(12)13)6(10)9(3,4)11-8/h5-6,11H,10H2,1-4H3,(H,12,13)/t5?,6-/m1/s1. The second-order valence-corrected chi connectivity index (χ2v) is 4.91. The van der Waals surface area contributed by atoms with Crippen molar-refractivity contribution in [1.82, 2.24) is 5.32 Å². The molecule has 0 spiro atoms. The SMILES string of the molecule is CC1(C)NC(C)(C)[C@H](N)C1C(=O)O. The molecular formula is C9H18N2O2. The van der Waals surface area contributed by atoms with E-state index in [0.29, 0.717) is 0 Å². The summed E-state index contributed by atoms with van der Waals surface area (Å²) in [6.45, 7) is 7.62. The number of nitrogens with two attached hydrogens (primary N) is 1. The minimum absolute atomic E-state index is 0.313. The van der Waals surface area contributed by atoms with Crippen LogP contribution in [0.2, 0.25) is 0 Å². The van der Waals surface area contributed by atoms with Crippen LogP contribution in [0.1, 0.15) is 27.7 Å². The smallest absolute Gasteiger partial charge is 0.310 e. The van der Waals surface area contributed by atoms with Gasteiger partial charge in [-0.2, -0.15) is 0 Å². The van der Waals surface area contributed by atoms with E-state index in [1.54, 1.807) is 0 Å². The van der Waals surface area contributed by atoms with Crippen LogP contribution in [0.15, 0.2) is 0 Å². The zero-order chi connectivity index (χ0) is 10.4. The molecule has 1 aliphatic rings. The molecule has 0 aliphatic carbocycles. The lowest BCUT2D eigenvalue weighted by molar-refractivity contribution is -0.143. The van der Waals surface area contributed by atoms with Crippen molar-refractivity contribution < 1.29 is 9.90 Å². The fourth-order valence-corrected chi connectivity index (χ4v) is 2.32. The quantitative estimate of drug-likeness (QED) is 0.546. The van der Waals surface area contributed by atoms with E-state index in [2.05, 4.69) is 5.32 Å². The highest BCUT2D eigenvalue weighted by atomic mass is 16.4. The summed E-state index contributed by atoms with van der Waals surface area (Å²) in [5, 5.41) is 12.3. The molecule has 4 N–H and O–H groups in total. The predicted molar refractivity (Wildman–Crippen MR) is 50.4 cm³/mol. The topological polar surface area (TPSA) is 75.3 Å². The molecule has 1 unspecified atom stereocenters.